The van der Waals surface area contributed by atoms with Gasteiger partial charge in [-0.15, -0.1) is 0 Å². The number of rotatable bonds is 7. The summed E-state index contributed by atoms with van der Waals surface area (Å²) in [7, 11) is 0. The molecule has 0 bridgehead atoms. The van der Waals surface area contributed by atoms with Gasteiger partial charge in [0, 0.05) is 13.1 Å². The first-order valence-corrected chi connectivity index (χ1v) is 9.35. The van der Waals surface area contributed by atoms with Gasteiger partial charge in [0.05, 0.1) is 12.6 Å². The number of aliphatic hydroxyl groups is 1. The number of carbonyl (C=O) groups excluding carboxylic acids is 1. The lowest BCUT2D eigenvalue weighted by Gasteiger charge is -2.17. The number of likely N-dealkylation sites (tertiary alicyclic amines) is 1. The standard InChI is InChI=1S/C21H26FN3O2/c22-19-9-7-18(8-10-19)20(15-26)24-21(27)23-13-16-3-5-17(6-4-16)14-25-11-1-2-12-25/h3-10,20,26H,1-2,11-15H2,(H2,23,24,27). The van der Waals surface area contributed by atoms with Gasteiger partial charge in [-0.3, -0.25) is 4.90 Å². The first-order chi connectivity index (χ1) is 13.1. The fourth-order valence-electron chi connectivity index (χ4n) is 3.28. The van der Waals surface area contributed by atoms with Crippen molar-refractivity contribution in [2.75, 3.05) is 19.7 Å². The lowest BCUT2D eigenvalue weighted by atomic mass is 10.1. The van der Waals surface area contributed by atoms with Gasteiger partial charge in [0.15, 0.2) is 0 Å². The minimum atomic E-state index is -0.576. The second-order valence-electron chi connectivity index (χ2n) is 6.91. The lowest BCUT2D eigenvalue weighted by Crippen LogP contribution is -2.38. The van der Waals surface area contributed by atoms with Crippen LogP contribution in [0, 0.1) is 5.82 Å². The molecule has 3 N–H and O–H groups in total. The summed E-state index contributed by atoms with van der Waals surface area (Å²) in [6, 6.07) is 13.0. The highest BCUT2D eigenvalue weighted by Gasteiger charge is 2.14. The van der Waals surface area contributed by atoms with E-state index in [-0.39, 0.29) is 18.5 Å². The second-order valence-corrected chi connectivity index (χ2v) is 6.91. The molecule has 27 heavy (non-hydrogen) atoms. The highest BCUT2D eigenvalue weighted by Crippen LogP contribution is 2.14. The smallest absolute Gasteiger partial charge is 0.315 e. The van der Waals surface area contributed by atoms with Crippen molar-refractivity contribution < 1.29 is 14.3 Å². The molecule has 1 atom stereocenters. The molecule has 6 heteroatoms. The molecule has 1 aliphatic rings. The Kier molecular flexibility index (Phi) is 6.79. The molecule has 1 saturated heterocycles. The van der Waals surface area contributed by atoms with Crippen LogP contribution < -0.4 is 10.6 Å². The summed E-state index contributed by atoms with van der Waals surface area (Å²) in [5.74, 6) is -0.354. The van der Waals surface area contributed by atoms with Gasteiger partial charge in [0.1, 0.15) is 5.82 Å². The van der Waals surface area contributed by atoms with Crippen LogP contribution in [-0.4, -0.2) is 35.7 Å². The van der Waals surface area contributed by atoms with E-state index in [4.69, 9.17) is 0 Å². The van der Waals surface area contributed by atoms with Crippen molar-refractivity contribution >= 4 is 6.03 Å². The highest BCUT2D eigenvalue weighted by molar-refractivity contribution is 5.74. The Balaban J connectivity index is 1.47. The number of nitrogens with one attached hydrogen (secondary N) is 2. The van der Waals surface area contributed by atoms with Crippen molar-refractivity contribution in [3.8, 4) is 0 Å². The summed E-state index contributed by atoms with van der Waals surface area (Å²) in [4.78, 5) is 14.6. The number of hydrogen-bond donors (Lipinski definition) is 3. The van der Waals surface area contributed by atoms with Crippen molar-refractivity contribution in [2.45, 2.75) is 32.0 Å². The lowest BCUT2D eigenvalue weighted by molar-refractivity contribution is 0.216. The van der Waals surface area contributed by atoms with Crippen molar-refractivity contribution in [3.63, 3.8) is 0 Å². The zero-order valence-corrected chi connectivity index (χ0v) is 15.3. The zero-order chi connectivity index (χ0) is 19.1. The van der Waals surface area contributed by atoms with Crippen LogP contribution >= 0.6 is 0 Å². The SMILES string of the molecule is O=C(NCc1ccc(CN2CCCC2)cc1)NC(CO)c1ccc(F)cc1. The van der Waals surface area contributed by atoms with E-state index in [1.165, 1.54) is 43.6 Å². The molecule has 0 aliphatic carbocycles. The number of urea groups is 1. The van der Waals surface area contributed by atoms with Crippen LogP contribution in [0.3, 0.4) is 0 Å². The molecule has 1 aliphatic heterocycles. The predicted octanol–water partition coefficient (Wildman–Crippen LogP) is 2.95. The van der Waals surface area contributed by atoms with E-state index in [2.05, 4.69) is 27.7 Å². The second kappa shape index (κ2) is 9.48. The molecule has 1 fully saturated rings. The van der Waals surface area contributed by atoms with Gasteiger partial charge in [-0.1, -0.05) is 36.4 Å². The molecule has 144 valence electrons. The van der Waals surface area contributed by atoms with Crippen molar-refractivity contribution in [2.24, 2.45) is 0 Å². The minimum Gasteiger partial charge on any atom is -0.394 e. The van der Waals surface area contributed by atoms with E-state index in [0.29, 0.717) is 12.1 Å². The molecule has 0 radical (unpaired) electrons. The van der Waals surface area contributed by atoms with E-state index in [1.807, 2.05) is 12.1 Å². The van der Waals surface area contributed by atoms with Gasteiger partial charge in [0.2, 0.25) is 0 Å². The van der Waals surface area contributed by atoms with Gasteiger partial charge >= 0.3 is 6.03 Å². The average Bonchev–Trinajstić information content (AvgIpc) is 3.19. The van der Waals surface area contributed by atoms with E-state index in [1.54, 1.807) is 12.1 Å². The minimum absolute atomic E-state index is 0.260. The van der Waals surface area contributed by atoms with Crippen molar-refractivity contribution in [1.82, 2.24) is 15.5 Å². The first-order valence-electron chi connectivity index (χ1n) is 9.35. The zero-order valence-electron chi connectivity index (χ0n) is 15.3. The van der Waals surface area contributed by atoms with Crippen LogP contribution in [-0.2, 0) is 13.1 Å². The summed E-state index contributed by atoms with van der Waals surface area (Å²) >= 11 is 0. The van der Waals surface area contributed by atoms with Crippen LogP contribution in [0.25, 0.3) is 0 Å². The highest BCUT2D eigenvalue weighted by atomic mass is 19.1. The molecule has 3 rings (SSSR count). The molecule has 0 spiro atoms. The largest absolute Gasteiger partial charge is 0.394 e. The number of aliphatic hydroxyl groups excluding tert-OH is 1. The van der Waals surface area contributed by atoms with Crippen LogP contribution in [0.15, 0.2) is 48.5 Å². The van der Waals surface area contributed by atoms with Gasteiger partial charge in [-0.25, -0.2) is 9.18 Å². The third kappa shape index (κ3) is 5.77. The number of benzene rings is 2. The van der Waals surface area contributed by atoms with E-state index in [0.717, 1.165) is 12.1 Å². The van der Waals surface area contributed by atoms with Gasteiger partial charge in [0.25, 0.3) is 0 Å². The number of halogens is 1. The van der Waals surface area contributed by atoms with Gasteiger partial charge in [-0.2, -0.15) is 0 Å². The number of hydrogen-bond acceptors (Lipinski definition) is 3. The molecular formula is C21H26FN3O2. The Hall–Kier alpha value is -2.44. The average molecular weight is 371 g/mol. The Morgan fingerprint density at radius 2 is 1.67 bits per heavy atom. The molecule has 5 nitrogen and oxygen atoms in total. The fraction of sp³-hybridized carbons (Fsp3) is 0.381. The first kappa shape index (κ1) is 19.3. The molecule has 0 aromatic heterocycles. The number of amides is 2. The molecule has 0 saturated carbocycles. The number of carbonyl (C=O) groups is 1. The molecule has 2 aromatic carbocycles. The maximum atomic E-state index is 13.0. The summed E-state index contributed by atoms with van der Waals surface area (Å²) in [6.07, 6.45) is 2.56. The predicted molar refractivity (Wildman–Crippen MR) is 103 cm³/mol. The van der Waals surface area contributed by atoms with E-state index in [9.17, 15) is 14.3 Å². The molecule has 2 aromatic rings. The molecule has 1 unspecified atom stereocenters. The Labute approximate surface area is 159 Å². The van der Waals surface area contributed by atoms with Crippen LogP contribution in [0.1, 0.15) is 35.6 Å². The maximum absolute atomic E-state index is 13.0. The quantitative estimate of drug-likeness (QED) is 0.701. The third-order valence-electron chi connectivity index (χ3n) is 4.84. The van der Waals surface area contributed by atoms with Crippen LogP contribution in [0.4, 0.5) is 9.18 Å². The normalized spacial score (nSPS) is 15.5. The van der Waals surface area contributed by atoms with Crippen molar-refractivity contribution in [3.05, 3.63) is 71.0 Å². The summed E-state index contributed by atoms with van der Waals surface area (Å²) in [6.45, 7) is 3.46. The Morgan fingerprint density at radius 3 is 2.30 bits per heavy atom. The number of nitrogens with zero attached hydrogens (tertiary/aromatic N) is 1. The maximum Gasteiger partial charge on any atom is 0.315 e. The third-order valence-corrected chi connectivity index (χ3v) is 4.84. The fourth-order valence-corrected chi connectivity index (χ4v) is 3.28. The molecule has 1 heterocycles. The van der Waals surface area contributed by atoms with Gasteiger partial charge < -0.3 is 15.7 Å². The summed E-state index contributed by atoms with van der Waals surface area (Å²) in [5.41, 5.74) is 2.94. The summed E-state index contributed by atoms with van der Waals surface area (Å²) in [5, 5.41) is 15.0. The topological polar surface area (TPSA) is 64.6 Å². The van der Waals surface area contributed by atoms with E-state index >= 15 is 0 Å². The van der Waals surface area contributed by atoms with E-state index < -0.39 is 6.04 Å². The van der Waals surface area contributed by atoms with Crippen LogP contribution in [0.5, 0.6) is 0 Å². The van der Waals surface area contributed by atoms with Crippen LogP contribution in [0.2, 0.25) is 0 Å². The summed E-state index contributed by atoms with van der Waals surface area (Å²) < 4.78 is 13.0. The van der Waals surface area contributed by atoms with Crippen molar-refractivity contribution in [1.29, 1.82) is 0 Å². The Morgan fingerprint density at radius 1 is 1.04 bits per heavy atom. The monoisotopic (exact) mass is 371 g/mol. The molecule has 2 amide bonds. The Bertz CT molecular complexity index is 728. The van der Waals surface area contributed by atoms with Gasteiger partial charge in [-0.05, 0) is 54.8 Å². The molecular weight excluding hydrogens is 345 g/mol.